The fourth-order valence-electron chi connectivity index (χ4n) is 3.76. The molecule has 0 aromatic heterocycles. The largest absolute Gasteiger partial charge is 0.379 e. The van der Waals surface area contributed by atoms with Gasteiger partial charge in [0.1, 0.15) is 4.90 Å². The number of benzene rings is 1. The number of anilines is 1. The number of piperidine rings is 1. The molecule has 0 unspecified atom stereocenters. The summed E-state index contributed by atoms with van der Waals surface area (Å²) < 4.78 is 33.1. The third kappa shape index (κ3) is 4.51. The van der Waals surface area contributed by atoms with E-state index in [0.29, 0.717) is 44.8 Å². The van der Waals surface area contributed by atoms with Crippen molar-refractivity contribution in [1.82, 2.24) is 9.21 Å². The molecular formula is C18H26N4O6S. The zero-order chi connectivity index (χ0) is 21.2. The van der Waals surface area contributed by atoms with E-state index in [0.717, 1.165) is 6.07 Å². The smallest absolute Gasteiger partial charge is 0.270 e. The Balaban J connectivity index is 1.91. The van der Waals surface area contributed by atoms with Crippen LogP contribution in [0.4, 0.5) is 11.4 Å². The fraction of sp³-hybridized carbons (Fsp3) is 0.611. The van der Waals surface area contributed by atoms with Gasteiger partial charge in [-0.1, -0.05) is 0 Å². The van der Waals surface area contributed by atoms with E-state index in [1.807, 2.05) is 4.90 Å². The van der Waals surface area contributed by atoms with Crippen LogP contribution in [0.1, 0.15) is 19.8 Å². The maximum absolute atomic E-state index is 13.3. The Labute approximate surface area is 170 Å². The van der Waals surface area contributed by atoms with Crippen LogP contribution in [-0.2, 0) is 19.6 Å². The van der Waals surface area contributed by atoms with E-state index in [4.69, 9.17) is 4.74 Å². The summed E-state index contributed by atoms with van der Waals surface area (Å²) in [5.41, 5.74) is 0.206. The predicted molar refractivity (Wildman–Crippen MR) is 106 cm³/mol. The van der Waals surface area contributed by atoms with Gasteiger partial charge in [0.15, 0.2) is 0 Å². The zero-order valence-corrected chi connectivity index (χ0v) is 17.4. The third-order valence-corrected chi connectivity index (χ3v) is 7.52. The SMILES string of the molecule is CC(=O)N(C)C1CCN(c2ccc([N+](=O)[O-])cc2S(=O)(=O)N2CCOCC2)CC1. The standard InChI is InChI=1S/C18H26N4O6S/c1-14(23)19(2)15-5-7-20(8-6-15)17-4-3-16(22(24)25)13-18(17)29(26,27)21-9-11-28-12-10-21/h3-4,13,15H,5-12H2,1-2H3. The molecule has 11 heteroatoms. The Morgan fingerprint density at radius 2 is 1.83 bits per heavy atom. The molecule has 10 nitrogen and oxygen atoms in total. The molecule has 0 radical (unpaired) electrons. The van der Waals surface area contributed by atoms with Crippen molar-refractivity contribution in [3.63, 3.8) is 0 Å². The molecule has 160 valence electrons. The van der Waals surface area contributed by atoms with Crippen molar-refractivity contribution >= 4 is 27.3 Å². The number of morpholine rings is 1. The number of sulfonamides is 1. The van der Waals surface area contributed by atoms with Gasteiger partial charge in [0.25, 0.3) is 5.69 Å². The summed E-state index contributed by atoms with van der Waals surface area (Å²) in [6, 6.07) is 4.09. The van der Waals surface area contributed by atoms with Crippen LogP contribution in [0.15, 0.2) is 23.1 Å². The second-order valence-corrected chi connectivity index (χ2v) is 9.18. The highest BCUT2D eigenvalue weighted by atomic mass is 32.2. The van der Waals surface area contributed by atoms with Gasteiger partial charge in [0.2, 0.25) is 15.9 Å². The van der Waals surface area contributed by atoms with Crippen molar-refractivity contribution in [2.24, 2.45) is 0 Å². The molecule has 29 heavy (non-hydrogen) atoms. The first-order chi connectivity index (χ1) is 13.7. The van der Waals surface area contributed by atoms with Crippen LogP contribution in [0.25, 0.3) is 0 Å². The van der Waals surface area contributed by atoms with Gasteiger partial charge in [0, 0.05) is 58.3 Å². The quantitative estimate of drug-likeness (QED) is 0.511. The van der Waals surface area contributed by atoms with Crippen molar-refractivity contribution in [2.75, 3.05) is 51.3 Å². The Hall–Kier alpha value is -2.24. The molecule has 2 aliphatic heterocycles. The molecule has 1 aromatic carbocycles. The number of hydrogen-bond donors (Lipinski definition) is 0. The minimum absolute atomic E-state index is 0.00521. The highest BCUT2D eigenvalue weighted by molar-refractivity contribution is 7.89. The fourth-order valence-corrected chi connectivity index (χ4v) is 5.40. The monoisotopic (exact) mass is 426 g/mol. The van der Waals surface area contributed by atoms with E-state index in [1.54, 1.807) is 11.9 Å². The van der Waals surface area contributed by atoms with Gasteiger partial charge < -0.3 is 14.5 Å². The summed E-state index contributed by atoms with van der Waals surface area (Å²) in [7, 11) is -2.13. The van der Waals surface area contributed by atoms with Crippen LogP contribution in [0.2, 0.25) is 0 Å². The maximum atomic E-state index is 13.3. The molecule has 2 heterocycles. The third-order valence-electron chi connectivity index (χ3n) is 5.59. The van der Waals surface area contributed by atoms with Crippen molar-refractivity contribution in [3.8, 4) is 0 Å². The summed E-state index contributed by atoms with van der Waals surface area (Å²) in [5, 5.41) is 11.3. The summed E-state index contributed by atoms with van der Waals surface area (Å²) in [5.74, 6) is -0.00521. The van der Waals surface area contributed by atoms with Gasteiger partial charge in [-0.05, 0) is 18.9 Å². The van der Waals surface area contributed by atoms with Gasteiger partial charge in [-0.2, -0.15) is 4.31 Å². The summed E-state index contributed by atoms with van der Waals surface area (Å²) in [6.07, 6.45) is 1.40. The number of carbonyl (C=O) groups excluding carboxylic acids is 1. The molecule has 2 saturated heterocycles. The number of nitro groups is 1. The van der Waals surface area contributed by atoms with Gasteiger partial charge in [-0.3, -0.25) is 14.9 Å². The van der Waals surface area contributed by atoms with Crippen molar-refractivity contribution in [3.05, 3.63) is 28.3 Å². The second-order valence-electron chi connectivity index (χ2n) is 7.27. The van der Waals surface area contributed by atoms with Crippen molar-refractivity contribution in [1.29, 1.82) is 0 Å². The Morgan fingerprint density at radius 1 is 1.21 bits per heavy atom. The molecule has 0 N–H and O–H groups in total. The van der Waals surface area contributed by atoms with Crippen molar-refractivity contribution < 1.29 is 22.9 Å². The first-order valence-electron chi connectivity index (χ1n) is 9.56. The van der Waals surface area contributed by atoms with Crippen LogP contribution in [-0.4, -0.2) is 80.9 Å². The minimum atomic E-state index is -3.90. The number of hydrogen-bond acceptors (Lipinski definition) is 7. The second kappa shape index (κ2) is 8.64. The number of carbonyl (C=O) groups is 1. The molecule has 0 spiro atoms. The van der Waals surface area contributed by atoms with E-state index >= 15 is 0 Å². The van der Waals surface area contributed by atoms with E-state index in [2.05, 4.69) is 0 Å². The van der Waals surface area contributed by atoms with Crippen LogP contribution >= 0.6 is 0 Å². The normalized spacial score (nSPS) is 19.2. The first-order valence-corrected chi connectivity index (χ1v) is 11.0. The lowest BCUT2D eigenvalue weighted by Gasteiger charge is -2.38. The average molecular weight is 426 g/mol. The topological polar surface area (TPSA) is 113 Å². The first kappa shape index (κ1) is 21.5. The van der Waals surface area contributed by atoms with Gasteiger partial charge in [-0.15, -0.1) is 0 Å². The van der Waals surface area contributed by atoms with E-state index in [-0.39, 0.29) is 35.6 Å². The summed E-state index contributed by atoms with van der Waals surface area (Å²) in [6.45, 7) is 3.68. The predicted octanol–water partition coefficient (Wildman–Crippen LogP) is 1.06. The molecule has 0 aliphatic carbocycles. The number of ether oxygens (including phenoxy) is 1. The van der Waals surface area contributed by atoms with E-state index < -0.39 is 14.9 Å². The lowest BCUT2D eigenvalue weighted by atomic mass is 10.0. The molecule has 0 bridgehead atoms. The van der Waals surface area contributed by atoms with Crippen LogP contribution in [0, 0.1) is 10.1 Å². The Bertz CT molecular complexity index is 876. The average Bonchev–Trinajstić information content (AvgIpc) is 2.73. The minimum Gasteiger partial charge on any atom is -0.379 e. The molecule has 2 aliphatic rings. The van der Waals surface area contributed by atoms with Gasteiger partial charge in [0.05, 0.1) is 23.8 Å². The van der Waals surface area contributed by atoms with E-state index in [1.165, 1.54) is 23.4 Å². The van der Waals surface area contributed by atoms with Gasteiger partial charge >= 0.3 is 0 Å². The number of non-ortho nitro benzene ring substituents is 1. The summed E-state index contributed by atoms with van der Waals surface area (Å²) >= 11 is 0. The van der Waals surface area contributed by atoms with Crippen LogP contribution < -0.4 is 4.90 Å². The van der Waals surface area contributed by atoms with Crippen LogP contribution in [0.5, 0.6) is 0 Å². The molecule has 0 saturated carbocycles. The van der Waals surface area contributed by atoms with Crippen LogP contribution in [0.3, 0.4) is 0 Å². The number of amides is 1. The highest BCUT2D eigenvalue weighted by Gasteiger charge is 2.33. The summed E-state index contributed by atoms with van der Waals surface area (Å²) in [4.78, 5) is 25.9. The molecule has 0 atom stereocenters. The number of nitro benzene ring substituents is 1. The zero-order valence-electron chi connectivity index (χ0n) is 16.6. The molecule has 1 aromatic rings. The number of rotatable bonds is 5. The lowest BCUT2D eigenvalue weighted by Crippen LogP contribution is -2.46. The Morgan fingerprint density at radius 3 is 2.38 bits per heavy atom. The lowest BCUT2D eigenvalue weighted by molar-refractivity contribution is -0.385. The van der Waals surface area contributed by atoms with Crippen molar-refractivity contribution in [2.45, 2.75) is 30.7 Å². The molecule has 3 rings (SSSR count). The molecule has 1 amide bonds. The molecular weight excluding hydrogens is 400 g/mol. The Kier molecular flexibility index (Phi) is 6.39. The van der Waals surface area contributed by atoms with Gasteiger partial charge in [-0.25, -0.2) is 8.42 Å². The van der Waals surface area contributed by atoms with E-state index in [9.17, 15) is 23.3 Å². The molecule has 2 fully saturated rings. The maximum Gasteiger partial charge on any atom is 0.270 e. The highest BCUT2D eigenvalue weighted by Crippen LogP contribution is 2.34. The number of nitrogens with zero attached hydrogens (tertiary/aromatic N) is 4.